The molecule has 1 aliphatic heterocycles. The first kappa shape index (κ1) is 19.6. The minimum atomic E-state index is -0.716. The van der Waals surface area contributed by atoms with E-state index >= 15 is 0 Å². The van der Waals surface area contributed by atoms with Crippen LogP contribution in [0.1, 0.15) is 30.1 Å². The third-order valence-electron chi connectivity index (χ3n) is 4.49. The van der Waals surface area contributed by atoms with E-state index in [1.807, 2.05) is 0 Å². The topological polar surface area (TPSA) is 71.8 Å². The van der Waals surface area contributed by atoms with Crippen LogP contribution in [0.15, 0.2) is 41.2 Å². The minimum Gasteiger partial charge on any atom is -0.479 e. The number of hydrogen-bond acceptors (Lipinski definition) is 4. The van der Waals surface area contributed by atoms with E-state index in [0.29, 0.717) is 42.3 Å². The van der Waals surface area contributed by atoms with Crippen molar-refractivity contribution < 1.29 is 18.7 Å². The first-order valence-corrected chi connectivity index (χ1v) is 9.44. The van der Waals surface area contributed by atoms with Crippen LogP contribution in [-0.4, -0.2) is 41.9 Å². The number of piperidine rings is 1. The number of nitrogens with one attached hydrogen (secondary N) is 1. The summed E-state index contributed by atoms with van der Waals surface area (Å²) in [6, 6.07) is 6.67. The summed E-state index contributed by atoms with van der Waals surface area (Å²) in [6.45, 7) is 2.80. The van der Waals surface area contributed by atoms with Crippen molar-refractivity contribution in [2.24, 2.45) is 0 Å². The molecule has 1 saturated heterocycles. The third-order valence-corrected chi connectivity index (χ3v) is 5.29. The number of ether oxygens (including phenoxy) is 1. The molecule has 1 aliphatic rings. The minimum absolute atomic E-state index is 0.00761. The van der Waals surface area contributed by atoms with Gasteiger partial charge in [0.1, 0.15) is 17.0 Å². The molecule has 144 valence electrons. The standard InChI is InChI=1S/C19H20Cl2N2O4/c1-12(27-16-4-2-3-15(20)17(16)21)18(24)22-14-5-8-23(9-6-14)19(25)13-7-10-26-11-13/h2-4,7,10-12,14H,5-6,8-9H2,1H3,(H,22,24). The first-order chi connectivity index (χ1) is 13.0. The van der Waals surface area contributed by atoms with Gasteiger partial charge in [0.05, 0.1) is 16.8 Å². The van der Waals surface area contributed by atoms with Gasteiger partial charge < -0.3 is 19.4 Å². The van der Waals surface area contributed by atoms with Gasteiger partial charge in [-0.15, -0.1) is 0 Å². The van der Waals surface area contributed by atoms with Crippen LogP contribution < -0.4 is 10.1 Å². The van der Waals surface area contributed by atoms with Crippen molar-refractivity contribution in [3.8, 4) is 5.75 Å². The molecule has 1 aromatic heterocycles. The molecular weight excluding hydrogens is 391 g/mol. The summed E-state index contributed by atoms with van der Waals surface area (Å²) in [5.74, 6) is 0.0822. The lowest BCUT2D eigenvalue weighted by Gasteiger charge is -2.32. The Bertz CT molecular complexity index is 802. The van der Waals surface area contributed by atoms with Crippen LogP contribution >= 0.6 is 23.2 Å². The number of amides is 2. The quantitative estimate of drug-likeness (QED) is 0.813. The number of halogens is 2. The molecule has 0 spiro atoms. The van der Waals surface area contributed by atoms with E-state index in [2.05, 4.69) is 5.32 Å². The van der Waals surface area contributed by atoms with Gasteiger partial charge in [0.25, 0.3) is 11.8 Å². The van der Waals surface area contributed by atoms with E-state index in [-0.39, 0.29) is 22.9 Å². The number of furan rings is 1. The molecular formula is C19H20Cl2N2O4. The van der Waals surface area contributed by atoms with Gasteiger partial charge in [-0.05, 0) is 38.0 Å². The highest BCUT2D eigenvalue weighted by atomic mass is 35.5. The summed E-state index contributed by atoms with van der Waals surface area (Å²) in [4.78, 5) is 26.5. The van der Waals surface area contributed by atoms with Gasteiger partial charge in [-0.2, -0.15) is 0 Å². The van der Waals surface area contributed by atoms with Gasteiger partial charge in [0, 0.05) is 19.1 Å². The average Bonchev–Trinajstić information content (AvgIpc) is 3.20. The Morgan fingerprint density at radius 1 is 1.26 bits per heavy atom. The lowest BCUT2D eigenvalue weighted by molar-refractivity contribution is -0.128. The summed E-state index contributed by atoms with van der Waals surface area (Å²) in [5, 5.41) is 3.62. The lowest BCUT2D eigenvalue weighted by Crippen LogP contribution is -2.49. The molecule has 8 heteroatoms. The second-order valence-corrected chi connectivity index (χ2v) is 7.18. The highest BCUT2D eigenvalue weighted by molar-refractivity contribution is 6.42. The van der Waals surface area contributed by atoms with Gasteiger partial charge in [0.15, 0.2) is 6.10 Å². The second-order valence-electron chi connectivity index (χ2n) is 6.40. The van der Waals surface area contributed by atoms with E-state index in [1.54, 1.807) is 36.1 Å². The number of hydrogen-bond donors (Lipinski definition) is 1. The number of carbonyl (C=O) groups is 2. The van der Waals surface area contributed by atoms with Gasteiger partial charge in [-0.25, -0.2) is 0 Å². The van der Waals surface area contributed by atoms with Crippen molar-refractivity contribution in [1.82, 2.24) is 10.2 Å². The maximum absolute atomic E-state index is 12.4. The van der Waals surface area contributed by atoms with Crippen molar-refractivity contribution in [2.45, 2.75) is 31.9 Å². The molecule has 1 fully saturated rings. The largest absolute Gasteiger partial charge is 0.479 e. The predicted molar refractivity (Wildman–Crippen MR) is 102 cm³/mol. The van der Waals surface area contributed by atoms with E-state index in [0.717, 1.165) is 0 Å². The van der Waals surface area contributed by atoms with Crippen LogP contribution in [0.2, 0.25) is 10.0 Å². The highest BCUT2D eigenvalue weighted by Crippen LogP contribution is 2.32. The Morgan fingerprint density at radius 3 is 2.67 bits per heavy atom. The van der Waals surface area contributed by atoms with Crippen molar-refractivity contribution in [2.75, 3.05) is 13.1 Å². The molecule has 1 aromatic carbocycles. The highest BCUT2D eigenvalue weighted by Gasteiger charge is 2.27. The Hall–Kier alpha value is -2.18. The molecule has 2 amide bonds. The molecule has 2 heterocycles. The normalized spacial score (nSPS) is 16.0. The monoisotopic (exact) mass is 410 g/mol. The average molecular weight is 411 g/mol. The van der Waals surface area contributed by atoms with E-state index in [9.17, 15) is 9.59 Å². The SMILES string of the molecule is CC(Oc1cccc(Cl)c1Cl)C(=O)NC1CCN(C(=O)c2ccoc2)CC1. The summed E-state index contributed by atoms with van der Waals surface area (Å²) in [5.41, 5.74) is 0.540. The zero-order valence-corrected chi connectivity index (χ0v) is 16.3. The molecule has 0 bridgehead atoms. The Balaban J connectivity index is 1.49. The van der Waals surface area contributed by atoms with Gasteiger partial charge in [0.2, 0.25) is 0 Å². The molecule has 6 nitrogen and oxygen atoms in total. The number of carbonyl (C=O) groups excluding carboxylic acids is 2. The van der Waals surface area contributed by atoms with E-state index in [1.165, 1.54) is 12.5 Å². The molecule has 0 aliphatic carbocycles. The Labute approximate surface area is 167 Å². The Morgan fingerprint density at radius 2 is 2.00 bits per heavy atom. The van der Waals surface area contributed by atoms with Crippen LogP contribution in [0.4, 0.5) is 0 Å². The molecule has 0 radical (unpaired) electrons. The van der Waals surface area contributed by atoms with Crippen LogP contribution in [-0.2, 0) is 4.79 Å². The predicted octanol–water partition coefficient (Wildman–Crippen LogP) is 3.77. The van der Waals surface area contributed by atoms with Crippen molar-refractivity contribution >= 4 is 35.0 Å². The van der Waals surface area contributed by atoms with E-state index in [4.69, 9.17) is 32.4 Å². The zero-order valence-electron chi connectivity index (χ0n) is 14.8. The zero-order chi connectivity index (χ0) is 19.4. The first-order valence-electron chi connectivity index (χ1n) is 8.68. The molecule has 3 rings (SSSR count). The number of likely N-dealkylation sites (tertiary alicyclic amines) is 1. The molecule has 1 unspecified atom stereocenters. The molecule has 1 atom stereocenters. The molecule has 1 N–H and O–H groups in total. The Kier molecular flexibility index (Phi) is 6.29. The van der Waals surface area contributed by atoms with Crippen molar-refractivity contribution in [1.29, 1.82) is 0 Å². The maximum Gasteiger partial charge on any atom is 0.260 e. The van der Waals surface area contributed by atoms with Gasteiger partial charge in [-0.3, -0.25) is 9.59 Å². The lowest BCUT2D eigenvalue weighted by atomic mass is 10.0. The second kappa shape index (κ2) is 8.67. The van der Waals surface area contributed by atoms with Gasteiger partial charge >= 0.3 is 0 Å². The van der Waals surface area contributed by atoms with Crippen LogP contribution in [0, 0.1) is 0 Å². The summed E-state index contributed by atoms with van der Waals surface area (Å²) in [6.07, 6.45) is 3.57. The van der Waals surface area contributed by atoms with Crippen molar-refractivity contribution in [3.63, 3.8) is 0 Å². The summed E-state index contributed by atoms with van der Waals surface area (Å²) in [7, 11) is 0. The van der Waals surface area contributed by atoms with Crippen LogP contribution in [0.5, 0.6) is 5.75 Å². The third kappa shape index (κ3) is 4.76. The van der Waals surface area contributed by atoms with Crippen LogP contribution in [0.25, 0.3) is 0 Å². The molecule has 0 saturated carbocycles. The fourth-order valence-electron chi connectivity index (χ4n) is 2.93. The van der Waals surface area contributed by atoms with E-state index < -0.39 is 6.10 Å². The maximum atomic E-state index is 12.4. The van der Waals surface area contributed by atoms with Crippen molar-refractivity contribution in [3.05, 3.63) is 52.4 Å². The molecule has 2 aromatic rings. The summed E-state index contributed by atoms with van der Waals surface area (Å²) >= 11 is 12.0. The number of rotatable bonds is 5. The fraction of sp³-hybridized carbons (Fsp3) is 0.368. The summed E-state index contributed by atoms with van der Waals surface area (Å²) < 4.78 is 10.6. The number of benzene rings is 1. The van der Waals surface area contributed by atoms with Gasteiger partial charge in [-0.1, -0.05) is 29.3 Å². The fourth-order valence-corrected chi connectivity index (χ4v) is 3.27. The smallest absolute Gasteiger partial charge is 0.260 e. The number of nitrogens with zero attached hydrogens (tertiary/aromatic N) is 1. The van der Waals surface area contributed by atoms with Crippen LogP contribution in [0.3, 0.4) is 0 Å². The molecule has 27 heavy (non-hydrogen) atoms.